The van der Waals surface area contributed by atoms with Gasteiger partial charge in [-0.1, -0.05) is 12.1 Å². The van der Waals surface area contributed by atoms with Gasteiger partial charge in [0, 0.05) is 42.4 Å². The number of aromatic amines is 1. The highest BCUT2D eigenvalue weighted by Crippen LogP contribution is 2.24. The standard InChI is InChI=1S/C22H29N5O3/c1-15-24-19(12-21(28)25-15)16-4-6-18(7-5-16)26-22(29)23-13-20(17-8-11-30-14-17)27-9-2-3-10-27/h4-7,12,17,20H,2-3,8-11,13-14H2,1H3,(H2,23,26,29)(H,24,25,28). The summed E-state index contributed by atoms with van der Waals surface area (Å²) in [5.74, 6) is 1.05. The Balaban J connectivity index is 1.34. The maximum Gasteiger partial charge on any atom is 0.319 e. The van der Waals surface area contributed by atoms with Gasteiger partial charge in [0.2, 0.25) is 0 Å². The van der Waals surface area contributed by atoms with Crippen LogP contribution in [0.5, 0.6) is 0 Å². The Labute approximate surface area is 176 Å². The number of nitrogens with one attached hydrogen (secondary N) is 3. The van der Waals surface area contributed by atoms with Gasteiger partial charge in [-0.15, -0.1) is 0 Å². The van der Waals surface area contributed by atoms with Crippen LogP contribution in [0, 0.1) is 12.8 Å². The van der Waals surface area contributed by atoms with Crippen LogP contribution in [0.4, 0.5) is 10.5 Å². The molecule has 0 radical (unpaired) electrons. The first-order valence-electron chi connectivity index (χ1n) is 10.6. The van der Waals surface area contributed by atoms with E-state index < -0.39 is 0 Å². The van der Waals surface area contributed by atoms with Crippen molar-refractivity contribution in [3.63, 3.8) is 0 Å². The summed E-state index contributed by atoms with van der Waals surface area (Å²) in [5.41, 5.74) is 1.95. The summed E-state index contributed by atoms with van der Waals surface area (Å²) in [7, 11) is 0. The van der Waals surface area contributed by atoms with Crippen molar-refractivity contribution in [1.29, 1.82) is 0 Å². The predicted molar refractivity (Wildman–Crippen MR) is 116 cm³/mol. The number of H-pyrrole nitrogens is 1. The third-order valence-corrected chi connectivity index (χ3v) is 5.89. The zero-order chi connectivity index (χ0) is 20.9. The minimum atomic E-state index is -0.212. The molecule has 30 heavy (non-hydrogen) atoms. The first-order chi connectivity index (χ1) is 14.6. The van der Waals surface area contributed by atoms with E-state index in [-0.39, 0.29) is 11.6 Å². The highest BCUT2D eigenvalue weighted by Gasteiger charge is 2.32. The number of aromatic nitrogens is 2. The highest BCUT2D eigenvalue weighted by molar-refractivity contribution is 5.89. The van der Waals surface area contributed by atoms with E-state index in [1.807, 2.05) is 24.3 Å². The number of rotatable bonds is 6. The molecular formula is C22H29N5O3. The van der Waals surface area contributed by atoms with Crippen LogP contribution in [0.25, 0.3) is 11.3 Å². The van der Waals surface area contributed by atoms with E-state index in [0.29, 0.717) is 35.7 Å². The molecule has 2 fully saturated rings. The van der Waals surface area contributed by atoms with Gasteiger partial charge in [-0.3, -0.25) is 9.69 Å². The minimum Gasteiger partial charge on any atom is -0.381 e. The molecular weight excluding hydrogens is 382 g/mol. The maximum atomic E-state index is 12.5. The summed E-state index contributed by atoms with van der Waals surface area (Å²) in [5, 5.41) is 5.93. The average molecular weight is 412 g/mol. The van der Waals surface area contributed by atoms with Crippen molar-refractivity contribution in [1.82, 2.24) is 20.2 Å². The molecule has 0 aliphatic carbocycles. The number of urea groups is 1. The normalized spacial score (nSPS) is 20.2. The summed E-state index contributed by atoms with van der Waals surface area (Å²) in [4.78, 5) is 33.6. The van der Waals surface area contributed by atoms with E-state index in [1.54, 1.807) is 6.92 Å². The van der Waals surface area contributed by atoms with Crippen LogP contribution in [0.3, 0.4) is 0 Å². The summed E-state index contributed by atoms with van der Waals surface area (Å²) in [6.07, 6.45) is 3.51. The molecule has 3 N–H and O–H groups in total. The van der Waals surface area contributed by atoms with E-state index in [0.717, 1.165) is 38.3 Å². The van der Waals surface area contributed by atoms with Gasteiger partial charge in [0.05, 0.1) is 12.3 Å². The molecule has 1 aromatic carbocycles. The number of ether oxygens (including phenoxy) is 1. The molecule has 3 heterocycles. The van der Waals surface area contributed by atoms with Crippen LogP contribution in [-0.4, -0.2) is 59.8 Å². The van der Waals surface area contributed by atoms with E-state index in [9.17, 15) is 9.59 Å². The van der Waals surface area contributed by atoms with Crippen molar-refractivity contribution >= 4 is 11.7 Å². The minimum absolute atomic E-state index is 0.181. The number of benzene rings is 1. The fraction of sp³-hybridized carbons (Fsp3) is 0.500. The Hall–Kier alpha value is -2.71. The van der Waals surface area contributed by atoms with Crippen LogP contribution < -0.4 is 16.2 Å². The van der Waals surface area contributed by atoms with Gasteiger partial charge in [-0.05, 0) is 51.4 Å². The topological polar surface area (TPSA) is 99.3 Å². The molecule has 4 rings (SSSR count). The number of hydrogen-bond donors (Lipinski definition) is 3. The lowest BCUT2D eigenvalue weighted by Gasteiger charge is -2.31. The van der Waals surface area contributed by atoms with Crippen LogP contribution in [0.2, 0.25) is 0 Å². The molecule has 8 heteroatoms. The van der Waals surface area contributed by atoms with E-state index >= 15 is 0 Å². The number of carbonyl (C=O) groups is 1. The fourth-order valence-corrected chi connectivity index (χ4v) is 4.35. The first kappa shape index (κ1) is 20.6. The van der Waals surface area contributed by atoms with Crippen LogP contribution in [0.1, 0.15) is 25.1 Å². The van der Waals surface area contributed by atoms with Gasteiger partial charge >= 0.3 is 6.03 Å². The Morgan fingerprint density at radius 1 is 1.30 bits per heavy atom. The van der Waals surface area contributed by atoms with Crippen molar-refractivity contribution in [3.05, 3.63) is 46.5 Å². The summed E-state index contributed by atoms with van der Waals surface area (Å²) < 4.78 is 5.58. The zero-order valence-electron chi connectivity index (χ0n) is 17.3. The third kappa shape index (κ3) is 5.06. The number of carbonyl (C=O) groups excluding carboxylic acids is 1. The molecule has 8 nitrogen and oxygen atoms in total. The fourth-order valence-electron chi connectivity index (χ4n) is 4.35. The van der Waals surface area contributed by atoms with Crippen molar-refractivity contribution in [3.8, 4) is 11.3 Å². The van der Waals surface area contributed by atoms with Gasteiger partial charge in [-0.2, -0.15) is 0 Å². The number of aryl methyl sites for hydroxylation is 1. The summed E-state index contributed by atoms with van der Waals surface area (Å²) >= 11 is 0. The number of anilines is 1. The van der Waals surface area contributed by atoms with E-state index in [1.165, 1.54) is 18.9 Å². The zero-order valence-corrected chi connectivity index (χ0v) is 17.3. The third-order valence-electron chi connectivity index (χ3n) is 5.89. The maximum absolute atomic E-state index is 12.5. The lowest BCUT2D eigenvalue weighted by molar-refractivity contribution is 0.135. The average Bonchev–Trinajstić information content (AvgIpc) is 3.43. The second-order valence-corrected chi connectivity index (χ2v) is 8.06. The Kier molecular flexibility index (Phi) is 6.44. The monoisotopic (exact) mass is 411 g/mol. The summed E-state index contributed by atoms with van der Waals surface area (Å²) in [6.45, 7) is 6.16. The van der Waals surface area contributed by atoms with Crippen LogP contribution in [0.15, 0.2) is 35.1 Å². The van der Waals surface area contributed by atoms with Crippen molar-refractivity contribution in [2.45, 2.75) is 32.2 Å². The van der Waals surface area contributed by atoms with Crippen LogP contribution >= 0.6 is 0 Å². The highest BCUT2D eigenvalue weighted by atomic mass is 16.5. The molecule has 2 atom stereocenters. The molecule has 1 aromatic heterocycles. The molecule has 0 saturated carbocycles. The van der Waals surface area contributed by atoms with Gasteiger partial charge in [0.15, 0.2) is 0 Å². The Morgan fingerprint density at radius 3 is 2.73 bits per heavy atom. The molecule has 2 aromatic rings. The number of hydrogen-bond acceptors (Lipinski definition) is 5. The van der Waals surface area contributed by atoms with Gasteiger partial charge in [0.25, 0.3) is 5.56 Å². The predicted octanol–water partition coefficient (Wildman–Crippen LogP) is 2.37. The van der Waals surface area contributed by atoms with Crippen molar-refractivity contribution in [2.75, 3.05) is 38.2 Å². The van der Waals surface area contributed by atoms with Crippen molar-refractivity contribution in [2.24, 2.45) is 5.92 Å². The molecule has 2 aliphatic rings. The number of likely N-dealkylation sites (tertiary alicyclic amines) is 1. The quantitative estimate of drug-likeness (QED) is 0.678. The molecule has 2 unspecified atom stereocenters. The molecule has 2 saturated heterocycles. The van der Waals surface area contributed by atoms with Crippen molar-refractivity contribution < 1.29 is 9.53 Å². The first-order valence-corrected chi connectivity index (χ1v) is 10.6. The molecule has 160 valence electrons. The Morgan fingerprint density at radius 2 is 2.07 bits per heavy atom. The van der Waals surface area contributed by atoms with Gasteiger partial charge < -0.3 is 20.4 Å². The summed E-state index contributed by atoms with van der Waals surface area (Å²) in [6, 6.07) is 8.91. The SMILES string of the molecule is Cc1nc(-c2ccc(NC(=O)NCC(C3CCOC3)N3CCCC3)cc2)cc(=O)[nH]1. The lowest BCUT2D eigenvalue weighted by Crippen LogP contribution is -2.48. The second kappa shape index (κ2) is 9.40. The largest absolute Gasteiger partial charge is 0.381 e. The lowest BCUT2D eigenvalue weighted by atomic mass is 9.97. The molecule has 0 spiro atoms. The van der Waals surface area contributed by atoms with Crippen LogP contribution in [-0.2, 0) is 4.74 Å². The van der Waals surface area contributed by atoms with E-state index in [2.05, 4.69) is 25.5 Å². The van der Waals surface area contributed by atoms with E-state index in [4.69, 9.17) is 4.74 Å². The second-order valence-electron chi connectivity index (χ2n) is 8.06. The van der Waals surface area contributed by atoms with Gasteiger partial charge in [0.1, 0.15) is 5.82 Å². The number of amides is 2. The van der Waals surface area contributed by atoms with Gasteiger partial charge in [-0.25, -0.2) is 9.78 Å². The smallest absolute Gasteiger partial charge is 0.319 e. The Bertz CT molecular complexity index is 899. The number of nitrogens with zero attached hydrogens (tertiary/aromatic N) is 2. The molecule has 2 amide bonds. The molecule has 2 aliphatic heterocycles. The molecule has 0 bridgehead atoms.